The van der Waals surface area contributed by atoms with Gasteiger partial charge in [-0.2, -0.15) is 14.5 Å². The van der Waals surface area contributed by atoms with Gasteiger partial charge in [-0.3, -0.25) is 19.2 Å². The highest BCUT2D eigenvalue weighted by Crippen LogP contribution is 2.35. The monoisotopic (exact) mass is 1180 g/mol. The number of para-hydroxylation sites is 2. The van der Waals surface area contributed by atoms with Crippen molar-refractivity contribution in [2.45, 2.75) is 62.9 Å². The third-order valence-electron chi connectivity index (χ3n) is 12.6. The van der Waals surface area contributed by atoms with Gasteiger partial charge in [0, 0.05) is 93.5 Å². The molecule has 4 heterocycles. The van der Waals surface area contributed by atoms with Crippen molar-refractivity contribution in [1.82, 2.24) is 29.2 Å². The van der Waals surface area contributed by atoms with Crippen molar-refractivity contribution in [1.29, 1.82) is 0 Å². The summed E-state index contributed by atoms with van der Waals surface area (Å²) in [6.07, 6.45) is -2.95. The maximum Gasteiger partial charge on any atom is 0.252 e. The molecule has 3 N–H and O–H groups in total. The van der Waals surface area contributed by atoms with Crippen LogP contribution in [0.25, 0.3) is 44.1 Å². The van der Waals surface area contributed by atoms with E-state index in [4.69, 9.17) is 33.9 Å². The number of aromatic nitrogens is 4. The Kier molecular flexibility index (Phi) is 18.0. The minimum atomic E-state index is -4.29. The van der Waals surface area contributed by atoms with Crippen LogP contribution in [0, 0.1) is 11.6 Å². The van der Waals surface area contributed by atoms with Crippen molar-refractivity contribution in [2.24, 2.45) is 0 Å². The van der Waals surface area contributed by atoms with Crippen LogP contribution in [-0.2, 0) is 40.4 Å². The van der Waals surface area contributed by atoms with Crippen molar-refractivity contribution < 1.29 is 53.6 Å². The summed E-state index contributed by atoms with van der Waals surface area (Å²) in [6.45, 7) is 2.30. The van der Waals surface area contributed by atoms with E-state index in [2.05, 4.69) is 26.1 Å². The number of Topliss-reactive ketones (excluding diaryl/α,β-unsaturated/α-hetero) is 2. The van der Waals surface area contributed by atoms with Gasteiger partial charge in [0.1, 0.15) is 29.8 Å². The zero-order valence-corrected chi connectivity index (χ0v) is 45.6. The number of nitrogens with zero attached hydrogens (tertiary/aromatic N) is 5. The van der Waals surface area contributed by atoms with Gasteiger partial charge in [0.25, 0.3) is 9.05 Å². The van der Waals surface area contributed by atoms with Crippen molar-refractivity contribution in [3.05, 3.63) is 167 Å². The van der Waals surface area contributed by atoms with Gasteiger partial charge in [0.2, 0.25) is 21.8 Å². The zero-order chi connectivity index (χ0) is 56.9. The summed E-state index contributed by atoms with van der Waals surface area (Å²) in [7, 11) is -2.83. The number of ketones is 2. The van der Waals surface area contributed by atoms with E-state index in [9.17, 15) is 49.2 Å². The lowest BCUT2D eigenvalue weighted by atomic mass is 10.0. The standard InChI is InChI=1S/C27H23ClF2N4O4S.C17H15ClF2N2O.C10H9ClN2O3S/c1-16(35)26-20-8-3-5-12-23(20)33(32-26)15-39(37,38)34-14-17(29)13-24(34)27(36)31-22-11-6-9-19(25(22)30)18-7-2-4-10-21(18)28;18-13-6-2-1-4-11(13)12-5-3-7-14(16(12)20)22-17(23)15-8-10(19)9-21-15;1-7(14)10-8-4-2-3-5-9(8)13(12-10)6-17(11,15)16/h2-12,17,24H,13-15H2,1H3,(H,31,36);1-7,10,15,21H,8-9H2,(H,22,23);2-5H,6H2,1H3/t17-,24+;10-,15+;/m11./s1. The van der Waals surface area contributed by atoms with Crippen LogP contribution < -0.4 is 16.0 Å². The number of halogens is 7. The summed E-state index contributed by atoms with van der Waals surface area (Å²) >= 11 is 12.3. The number of rotatable bonds is 13. The van der Waals surface area contributed by atoms with Gasteiger partial charge in [-0.1, -0.05) is 120 Å². The lowest BCUT2D eigenvalue weighted by molar-refractivity contribution is -0.119. The minimum Gasteiger partial charge on any atom is -0.322 e. The third kappa shape index (κ3) is 13.5. The summed E-state index contributed by atoms with van der Waals surface area (Å²) in [6, 6.07) is 34.1. The number of nitrogens with one attached hydrogen (secondary N) is 3. The molecule has 8 aromatic rings. The molecule has 0 unspecified atom stereocenters. The Morgan fingerprint density at radius 1 is 0.595 bits per heavy atom. The van der Waals surface area contributed by atoms with E-state index in [0.717, 1.165) is 8.99 Å². The van der Waals surface area contributed by atoms with Crippen LogP contribution in [0.15, 0.2) is 133 Å². The molecule has 0 radical (unpaired) electrons. The second-order valence-electron chi connectivity index (χ2n) is 18.2. The molecular formula is C54H47Cl3F4N8O8S2. The topological polar surface area (TPSA) is 212 Å². The Hall–Kier alpha value is -7.05. The number of fused-ring (bicyclic) bond motifs is 2. The molecule has 2 amide bonds. The maximum atomic E-state index is 15.4. The van der Waals surface area contributed by atoms with Gasteiger partial charge in [-0.25, -0.2) is 43.8 Å². The van der Waals surface area contributed by atoms with Crippen molar-refractivity contribution in [3.8, 4) is 22.3 Å². The molecule has 0 spiro atoms. The Balaban J connectivity index is 0.000000173. The van der Waals surface area contributed by atoms with Gasteiger partial charge in [-0.15, -0.1) is 0 Å². The summed E-state index contributed by atoms with van der Waals surface area (Å²) in [5, 5.41) is 17.7. The van der Waals surface area contributed by atoms with Crippen molar-refractivity contribution >= 4 is 110 Å². The van der Waals surface area contributed by atoms with Crippen LogP contribution in [0.1, 0.15) is 47.7 Å². The zero-order valence-electron chi connectivity index (χ0n) is 41.7. The highest BCUT2D eigenvalue weighted by Gasteiger charge is 2.44. The fourth-order valence-corrected chi connectivity index (χ4v) is 11.9. The number of carbonyl (C=O) groups is 4. The summed E-state index contributed by atoms with van der Waals surface area (Å²) in [5.41, 5.74) is 2.60. The van der Waals surface area contributed by atoms with E-state index in [1.807, 2.05) is 0 Å². The second-order valence-corrected chi connectivity index (χ2v) is 23.7. The number of hydrogen-bond acceptors (Lipinski definition) is 11. The molecular weight excluding hydrogens is 1140 g/mol. The average Bonchev–Trinajstić information content (AvgIpc) is 4.32. The molecule has 2 aliphatic rings. The van der Waals surface area contributed by atoms with Gasteiger partial charge >= 0.3 is 0 Å². The molecule has 2 fully saturated rings. The highest BCUT2D eigenvalue weighted by molar-refractivity contribution is 8.13. The quantitative estimate of drug-likeness (QED) is 0.0561. The summed E-state index contributed by atoms with van der Waals surface area (Å²) in [5.74, 6) is -4.37. The first-order valence-electron chi connectivity index (χ1n) is 24.1. The van der Waals surface area contributed by atoms with Crippen LogP contribution in [0.2, 0.25) is 10.0 Å². The van der Waals surface area contributed by atoms with Crippen LogP contribution >= 0.6 is 33.9 Å². The predicted octanol–water partition coefficient (Wildman–Crippen LogP) is 10.6. The number of hydrogen-bond donors (Lipinski definition) is 3. The molecule has 79 heavy (non-hydrogen) atoms. The second kappa shape index (κ2) is 24.5. The van der Waals surface area contributed by atoms with E-state index in [1.165, 1.54) is 42.8 Å². The Morgan fingerprint density at radius 3 is 1.49 bits per heavy atom. The number of amides is 2. The molecule has 25 heteroatoms. The van der Waals surface area contributed by atoms with E-state index >= 15 is 4.39 Å². The largest absolute Gasteiger partial charge is 0.322 e. The van der Waals surface area contributed by atoms with Gasteiger partial charge in [0.15, 0.2) is 35.0 Å². The molecule has 412 valence electrons. The van der Waals surface area contributed by atoms with Crippen LogP contribution in [0.5, 0.6) is 0 Å². The maximum absolute atomic E-state index is 15.4. The molecule has 6 aromatic carbocycles. The lowest BCUT2D eigenvalue weighted by Crippen LogP contribution is -2.44. The van der Waals surface area contributed by atoms with Gasteiger partial charge < -0.3 is 16.0 Å². The molecule has 4 atom stereocenters. The smallest absolute Gasteiger partial charge is 0.252 e. The van der Waals surface area contributed by atoms with E-state index in [-0.39, 0.29) is 52.9 Å². The fourth-order valence-electron chi connectivity index (χ4n) is 9.01. The first-order chi connectivity index (χ1) is 37.5. The molecule has 0 aliphatic carbocycles. The average molecular weight is 1180 g/mol. The van der Waals surface area contributed by atoms with E-state index < -0.39 is 91.7 Å². The third-order valence-corrected chi connectivity index (χ3v) is 15.8. The molecule has 10 rings (SSSR count). The lowest BCUT2D eigenvalue weighted by Gasteiger charge is -2.23. The number of alkyl halides is 2. The van der Waals surface area contributed by atoms with E-state index in [0.29, 0.717) is 48.5 Å². The first-order valence-corrected chi connectivity index (χ1v) is 28.9. The predicted molar refractivity (Wildman–Crippen MR) is 295 cm³/mol. The number of anilines is 2. The molecule has 0 bridgehead atoms. The van der Waals surface area contributed by atoms with Gasteiger partial charge in [0.05, 0.1) is 28.5 Å². The molecule has 2 aliphatic heterocycles. The van der Waals surface area contributed by atoms with Crippen molar-refractivity contribution in [3.63, 3.8) is 0 Å². The Labute approximate surface area is 465 Å². The minimum absolute atomic E-state index is 0.0523. The van der Waals surface area contributed by atoms with Gasteiger partial charge in [-0.05, 0) is 36.4 Å². The van der Waals surface area contributed by atoms with Crippen LogP contribution in [0.4, 0.5) is 28.9 Å². The number of benzene rings is 6. The molecule has 2 saturated heterocycles. The molecule has 16 nitrogen and oxygen atoms in total. The highest BCUT2D eigenvalue weighted by atomic mass is 35.7. The molecule has 2 aromatic heterocycles. The van der Waals surface area contributed by atoms with Crippen LogP contribution in [0.3, 0.4) is 0 Å². The van der Waals surface area contributed by atoms with Crippen LogP contribution in [-0.4, -0.2) is 102 Å². The normalized spacial score (nSPS) is 17.4. The number of carbonyl (C=O) groups excluding carboxylic acids is 4. The first kappa shape index (κ1) is 58.1. The molecule has 0 saturated carbocycles. The SMILES string of the molecule is CC(=O)c1nn(CS(=O)(=O)Cl)c2ccccc12.CC(=O)c1nn(CS(=O)(=O)N2C[C@H](F)C[C@H]2C(=O)Nc2cccc(-c3ccccc3Cl)c2F)c2ccccc12.O=C(Nc1cccc(-c2ccccc2Cl)c1F)[C@@H]1C[C@@H](F)CN1. The van der Waals surface area contributed by atoms with E-state index in [1.54, 1.807) is 109 Å². The summed E-state index contributed by atoms with van der Waals surface area (Å²) < 4.78 is 110. The summed E-state index contributed by atoms with van der Waals surface area (Å²) in [4.78, 5) is 48.7. The van der Waals surface area contributed by atoms with Crippen molar-refractivity contribution in [2.75, 3.05) is 23.7 Å². The number of sulfonamides is 1. The Bertz CT molecular complexity index is 3890. The fraction of sp³-hybridized carbons (Fsp3) is 0.222. The Morgan fingerprint density at radius 2 is 1.04 bits per heavy atom.